The predicted octanol–water partition coefficient (Wildman–Crippen LogP) is 3.24. The molecule has 18 heavy (non-hydrogen) atoms. The summed E-state index contributed by atoms with van der Waals surface area (Å²) < 4.78 is 10.8. The Kier molecular flexibility index (Phi) is 3.89. The molecule has 0 radical (unpaired) electrons. The zero-order valence-electron chi connectivity index (χ0n) is 10.3. The smallest absolute Gasteiger partial charge is 0.167 e. The number of nitrogens with zero attached hydrogens (tertiary/aromatic N) is 1. The highest BCUT2D eigenvalue weighted by Crippen LogP contribution is 2.31. The summed E-state index contributed by atoms with van der Waals surface area (Å²) in [4.78, 5) is 0. The van der Waals surface area contributed by atoms with Crippen LogP contribution >= 0.6 is 11.6 Å². The SMILES string of the molecule is CC(C)Oc1ccc(-c2cc(CN)no2)cc1Cl. The summed E-state index contributed by atoms with van der Waals surface area (Å²) in [6.07, 6.45) is 0.0856. The van der Waals surface area contributed by atoms with Gasteiger partial charge in [-0.25, -0.2) is 0 Å². The molecule has 0 spiro atoms. The molecule has 1 aromatic carbocycles. The number of hydrogen-bond acceptors (Lipinski definition) is 4. The van der Waals surface area contributed by atoms with E-state index in [1.807, 2.05) is 26.0 Å². The second-order valence-corrected chi connectivity index (χ2v) is 4.61. The second kappa shape index (κ2) is 5.42. The molecule has 0 aliphatic carbocycles. The molecule has 2 rings (SSSR count). The lowest BCUT2D eigenvalue weighted by Crippen LogP contribution is -2.05. The fourth-order valence-corrected chi connectivity index (χ4v) is 1.77. The van der Waals surface area contributed by atoms with Gasteiger partial charge in [-0.1, -0.05) is 16.8 Å². The van der Waals surface area contributed by atoms with Crippen LogP contribution in [0.4, 0.5) is 0 Å². The number of nitrogens with two attached hydrogens (primary N) is 1. The molecule has 1 heterocycles. The minimum atomic E-state index is 0.0856. The number of benzene rings is 1. The molecule has 0 saturated heterocycles. The number of aromatic nitrogens is 1. The van der Waals surface area contributed by atoms with E-state index in [1.54, 1.807) is 12.1 Å². The fourth-order valence-electron chi connectivity index (χ4n) is 1.55. The molecule has 5 heteroatoms. The number of hydrogen-bond donors (Lipinski definition) is 1. The van der Waals surface area contributed by atoms with Gasteiger partial charge in [0.25, 0.3) is 0 Å². The van der Waals surface area contributed by atoms with Gasteiger partial charge in [-0.3, -0.25) is 0 Å². The van der Waals surface area contributed by atoms with E-state index < -0.39 is 0 Å². The van der Waals surface area contributed by atoms with E-state index in [9.17, 15) is 0 Å². The van der Waals surface area contributed by atoms with Crippen molar-refractivity contribution in [3.8, 4) is 17.1 Å². The Hall–Kier alpha value is -1.52. The van der Waals surface area contributed by atoms with Crippen molar-refractivity contribution >= 4 is 11.6 Å². The summed E-state index contributed by atoms with van der Waals surface area (Å²) in [7, 11) is 0. The molecule has 2 aromatic rings. The molecule has 0 saturated carbocycles. The van der Waals surface area contributed by atoms with Crippen molar-refractivity contribution in [1.82, 2.24) is 5.16 Å². The Bertz CT molecular complexity index is 538. The maximum atomic E-state index is 6.15. The molecule has 0 aliphatic rings. The van der Waals surface area contributed by atoms with E-state index >= 15 is 0 Å². The summed E-state index contributed by atoms with van der Waals surface area (Å²) in [5, 5.41) is 4.39. The van der Waals surface area contributed by atoms with Gasteiger partial charge in [-0.2, -0.15) is 0 Å². The van der Waals surface area contributed by atoms with E-state index in [-0.39, 0.29) is 6.10 Å². The van der Waals surface area contributed by atoms with Crippen LogP contribution in [0.25, 0.3) is 11.3 Å². The topological polar surface area (TPSA) is 61.3 Å². The first-order valence-electron chi connectivity index (χ1n) is 5.72. The van der Waals surface area contributed by atoms with E-state index in [4.69, 9.17) is 26.6 Å². The van der Waals surface area contributed by atoms with Gasteiger partial charge in [-0.15, -0.1) is 0 Å². The van der Waals surface area contributed by atoms with Crippen molar-refractivity contribution < 1.29 is 9.26 Å². The molecule has 0 aliphatic heterocycles. The van der Waals surface area contributed by atoms with E-state index in [1.165, 1.54) is 0 Å². The molecular formula is C13H15ClN2O2. The second-order valence-electron chi connectivity index (χ2n) is 4.20. The number of ether oxygens (including phenoxy) is 1. The zero-order valence-corrected chi connectivity index (χ0v) is 11.1. The predicted molar refractivity (Wildman–Crippen MR) is 70.6 cm³/mol. The summed E-state index contributed by atoms with van der Waals surface area (Å²) in [5.74, 6) is 1.31. The lowest BCUT2D eigenvalue weighted by molar-refractivity contribution is 0.242. The van der Waals surface area contributed by atoms with Crippen LogP contribution in [0.1, 0.15) is 19.5 Å². The monoisotopic (exact) mass is 266 g/mol. The molecular weight excluding hydrogens is 252 g/mol. The molecule has 0 atom stereocenters. The Morgan fingerprint density at radius 3 is 2.72 bits per heavy atom. The fraction of sp³-hybridized carbons (Fsp3) is 0.308. The maximum absolute atomic E-state index is 6.15. The Balaban J connectivity index is 2.28. The van der Waals surface area contributed by atoms with Crippen LogP contribution in [0.2, 0.25) is 5.02 Å². The first-order chi connectivity index (χ1) is 8.60. The van der Waals surface area contributed by atoms with Gasteiger partial charge in [0.15, 0.2) is 5.76 Å². The van der Waals surface area contributed by atoms with Crippen molar-refractivity contribution in [2.45, 2.75) is 26.5 Å². The maximum Gasteiger partial charge on any atom is 0.167 e. The zero-order chi connectivity index (χ0) is 13.1. The first kappa shape index (κ1) is 12.9. The summed E-state index contributed by atoms with van der Waals surface area (Å²) in [6.45, 7) is 4.26. The molecule has 0 fully saturated rings. The van der Waals surface area contributed by atoms with Crippen molar-refractivity contribution in [1.29, 1.82) is 0 Å². The average molecular weight is 267 g/mol. The van der Waals surface area contributed by atoms with Crippen LogP contribution < -0.4 is 10.5 Å². The highest BCUT2D eigenvalue weighted by Gasteiger charge is 2.10. The Labute approximate surface area is 111 Å². The normalized spacial score (nSPS) is 10.9. The molecule has 96 valence electrons. The Morgan fingerprint density at radius 2 is 2.17 bits per heavy atom. The van der Waals surface area contributed by atoms with Crippen molar-refractivity contribution in [2.75, 3.05) is 0 Å². The molecule has 1 aromatic heterocycles. The quantitative estimate of drug-likeness (QED) is 0.923. The molecule has 0 unspecified atom stereocenters. The van der Waals surface area contributed by atoms with Gasteiger partial charge >= 0.3 is 0 Å². The summed E-state index contributed by atoms with van der Waals surface area (Å²) in [5.41, 5.74) is 7.04. The summed E-state index contributed by atoms with van der Waals surface area (Å²) >= 11 is 6.15. The van der Waals surface area contributed by atoms with E-state index in [0.717, 1.165) is 5.56 Å². The van der Waals surface area contributed by atoms with E-state index in [2.05, 4.69) is 5.16 Å². The lowest BCUT2D eigenvalue weighted by Gasteiger charge is -2.11. The number of halogens is 1. The van der Waals surface area contributed by atoms with Gasteiger partial charge < -0.3 is 15.0 Å². The molecule has 2 N–H and O–H groups in total. The highest BCUT2D eigenvalue weighted by molar-refractivity contribution is 6.32. The molecule has 0 bridgehead atoms. The third-order valence-corrected chi connectivity index (χ3v) is 2.64. The van der Waals surface area contributed by atoms with Gasteiger partial charge in [0.05, 0.1) is 16.8 Å². The van der Waals surface area contributed by atoms with E-state index in [0.29, 0.717) is 28.8 Å². The summed E-state index contributed by atoms with van der Waals surface area (Å²) in [6, 6.07) is 7.29. The third-order valence-electron chi connectivity index (χ3n) is 2.35. The van der Waals surface area contributed by atoms with Crippen LogP contribution in [0.5, 0.6) is 5.75 Å². The van der Waals surface area contributed by atoms with Gasteiger partial charge in [0.2, 0.25) is 0 Å². The van der Waals surface area contributed by atoms with Gasteiger partial charge in [0, 0.05) is 18.2 Å². The Morgan fingerprint density at radius 1 is 1.39 bits per heavy atom. The van der Waals surface area contributed by atoms with Crippen LogP contribution in [-0.4, -0.2) is 11.3 Å². The van der Waals surface area contributed by atoms with Crippen molar-refractivity contribution in [3.63, 3.8) is 0 Å². The van der Waals surface area contributed by atoms with Crippen molar-refractivity contribution in [3.05, 3.63) is 35.0 Å². The van der Waals surface area contributed by atoms with Gasteiger partial charge in [-0.05, 0) is 32.0 Å². The first-order valence-corrected chi connectivity index (χ1v) is 6.10. The number of rotatable bonds is 4. The van der Waals surface area contributed by atoms with Crippen LogP contribution in [0.15, 0.2) is 28.8 Å². The minimum Gasteiger partial charge on any atom is -0.489 e. The largest absolute Gasteiger partial charge is 0.489 e. The van der Waals surface area contributed by atoms with Crippen LogP contribution in [-0.2, 0) is 6.54 Å². The van der Waals surface area contributed by atoms with Gasteiger partial charge in [0.1, 0.15) is 5.75 Å². The lowest BCUT2D eigenvalue weighted by atomic mass is 10.1. The average Bonchev–Trinajstić information content (AvgIpc) is 2.80. The highest BCUT2D eigenvalue weighted by atomic mass is 35.5. The van der Waals surface area contributed by atoms with Crippen LogP contribution in [0.3, 0.4) is 0 Å². The molecule has 0 amide bonds. The third kappa shape index (κ3) is 2.83. The molecule has 4 nitrogen and oxygen atoms in total. The van der Waals surface area contributed by atoms with Crippen molar-refractivity contribution in [2.24, 2.45) is 5.73 Å². The minimum absolute atomic E-state index is 0.0856. The standard InChI is InChI=1S/C13H15ClN2O2/c1-8(2)17-12-4-3-9(5-11(12)14)13-6-10(7-15)16-18-13/h3-6,8H,7,15H2,1-2H3. The van der Waals surface area contributed by atoms with Crippen LogP contribution in [0, 0.1) is 0 Å².